The van der Waals surface area contributed by atoms with Crippen LogP contribution < -0.4 is 0 Å². The topological polar surface area (TPSA) is 119 Å². The summed E-state index contributed by atoms with van der Waals surface area (Å²) in [6.07, 6.45) is 53.1. The van der Waals surface area contributed by atoms with Gasteiger partial charge in [0.15, 0.2) is 6.10 Å². The molecule has 0 aliphatic heterocycles. The number of ether oxygens (including phenoxy) is 2. The molecule has 0 radical (unpaired) electrons. The Hall–Kier alpha value is -2.77. The Balaban J connectivity index is 4.09. The lowest BCUT2D eigenvalue weighted by Gasteiger charge is -2.18. The minimum Gasteiger partial charge on any atom is -0.462 e. The third-order valence-electron chi connectivity index (χ3n) is 8.40. The third kappa shape index (κ3) is 42.0. The summed E-state index contributed by atoms with van der Waals surface area (Å²) in [5, 5.41) is 0. The maximum absolute atomic E-state index is 12.4. The van der Waals surface area contributed by atoms with Gasteiger partial charge in [0.25, 0.3) is 0 Å². The molecule has 0 heterocycles. The summed E-state index contributed by atoms with van der Waals surface area (Å²) in [5.74, 6) is -0.997. The highest BCUT2D eigenvalue weighted by Crippen LogP contribution is 2.36. The number of allylic oxidation sites excluding steroid dienone is 14. The highest BCUT2D eigenvalue weighted by molar-refractivity contribution is 7.46. The SMILES string of the molecule is CCCCC/C=C\C/C=C\C/C=C\C/C=C\C/C=C\CCC(=O)O[C@H](COC(=O)CCCCCCCCC/C=C\C/C=C\CCCCC)COP(=O)(O)O. The van der Waals surface area contributed by atoms with Gasteiger partial charge in [0.05, 0.1) is 6.61 Å². The number of hydrogen-bond acceptors (Lipinski definition) is 6. The van der Waals surface area contributed by atoms with E-state index >= 15 is 0 Å². The predicted octanol–water partition coefficient (Wildman–Crippen LogP) is 12.8. The molecule has 0 fully saturated rings. The second-order valence-electron chi connectivity index (χ2n) is 13.6. The molecular formula is C45H75O8P. The summed E-state index contributed by atoms with van der Waals surface area (Å²) >= 11 is 0. The van der Waals surface area contributed by atoms with E-state index in [1.807, 2.05) is 12.2 Å². The van der Waals surface area contributed by atoms with Crippen LogP contribution in [0.15, 0.2) is 85.1 Å². The molecule has 0 bridgehead atoms. The first-order valence-electron chi connectivity index (χ1n) is 20.9. The number of carbonyl (C=O) groups is 2. The van der Waals surface area contributed by atoms with Crippen LogP contribution in [0.4, 0.5) is 0 Å². The third-order valence-corrected chi connectivity index (χ3v) is 8.89. The molecule has 8 nitrogen and oxygen atoms in total. The van der Waals surface area contributed by atoms with E-state index in [0.29, 0.717) is 12.8 Å². The molecule has 2 N–H and O–H groups in total. The fourth-order valence-electron chi connectivity index (χ4n) is 5.27. The van der Waals surface area contributed by atoms with Crippen LogP contribution >= 0.6 is 7.82 Å². The van der Waals surface area contributed by atoms with Crippen molar-refractivity contribution in [2.45, 2.75) is 174 Å². The van der Waals surface area contributed by atoms with Gasteiger partial charge >= 0.3 is 19.8 Å². The molecule has 0 amide bonds. The number of unbranched alkanes of at least 4 members (excludes halogenated alkanes) is 13. The van der Waals surface area contributed by atoms with Crippen LogP contribution in [-0.4, -0.2) is 41.0 Å². The molecule has 0 aliphatic carbocycles. The molecule has 0 saturated heterocycles. The molecule has 0 unspecified atom stereocenters. The second kappa shape index (κ2) is 39.9. The summed E-state index contributed by atoms with van der Waals surface area (Å²) < 4.78 is 26.3. The van der Waals surface area contributed by atoms with Gasteiger partial charge in [0, 0.05) is 12.8 Å². The molecule has 0 rings (SSSR count). The van der Waals surface area contributed by atoms with Crippen LogP contribution in [-0.2, 0) is 28.2 Å². The Morgan fingerprint density at radius 1 is 0.481 bits per heavy atom. The van der Waals surface area contributed by atoms with Crippen LogP contribution in [0.5, 0.6) is 0 Å². The van der Waals surface area contributed by atoms with Crippen molar-refractivity contribution in [1.82, 2.24) is 0 Å². The number of carbonyl (C=O) groups excluding carboxylic acids is 2. The standard InChI is InChI=1S/C45H75O8P/c1-3-5-7-9-11-13-15-17-19-21-22-24-26-28-30-32-34-36-38-40-45(47)53-43(42-52-54(48,49)50)41-51-44(46)39-37-35-33-31-29-27-25-23-20-18-16-14-12-10-8-6-4-2/h11-14,17-20,22,24,28,30,34,36,43H,3-10,15-16,21,23,25-27,29,31-33,35,37-42H2,1-2H3,(H2,48,49,50)/b13-11-,14-12-,19-17-,20-18-,24-22-,30-28-,36-34-/t43-/m1/s1. The predicted molar refractivity (Wildman–Crippen MR) is 225 cm³/mol. The lowest BCUT2D eigenvalue weighted by atomic mass is 10.1. The molecular weight excluding hydrogens is 699 g/mol. The molecule has 0 aliphatic rings. The van der Waals surface area contributed by atoms with Crippen molar-refractivity contribution >= 4 is 19.8 Å². The van der Waals surface area contributed by atoms with Crippen LogP contribution in [0.25, 0.3) is 0 Å². The van der Waals surface area contributed by atoms with Gasteiger partial charge in [-0.15, -0.1) is 0 Å². The maximum atomic E-state index is 12.4. The van der Waals surface area contributed by atoms with Gasteiger partial charge in [-0.2, -0.15) is 0 Å². The molecule has 9 heteroatoms. The largest absolute Gasteiger partial charge is 0.469 e. The van der Waals surface area contributed by atoms with Gasteiger partial charge in [-0.1, -0.05) is 157 Å². The van der Waals surface area contributed by atoms with Gasteiger partial charge in [-0.25, -0.2) is 4.57 Å². The molecule has 308 valence electrons. The first-order chi connectivity index (χ1) is 26.3. The fraction of sp³-hybridized carbons (Fsp3) is 0.644. The first kappa shape index (κ1) is 51.2. The summed E-state index contributed by atoms with van der Waals surface area (Å²) in [7, 11) is -4.78. The van der Waals surface area contributed by atoms with Gasteiger partial charge in [-0.3, -0.25) is 14.1 Å². The monoisotopic (exact) mass is 775 g/mol. The van der Waals surface area contributed by atoms with Crippen molar-refractivity contribution < 1.29 is 37.9 Å². The van der Waals surface area contributed by atoms with Gasteiger partial charge < -0.3 is 19.3 Å². The lowest BCUT2D eigenvalue weighted by molar-refractivity contribution is -0.161. The molecule has 1 atom stereocenters. The van der Waals surface area contributed by atoms with Crippen molar-refractivity contribution in [3.05, 3.63) is 85.1 Å². The lowest BCUT2D eigenvalue weighted by Crippen LogP contribution is -2.29. The Kier molecular flexibility index (Phi) is 37.9. The van der Waals surface area contributed by atoms with E-state index in [0.717, 1.165) is 57.8 Å². The molecule has 54 heavy (non-hydrogen) atoms. The maximum Gasteiger partial charge on any atom is 0.469 e. The van der Waals surface area contributed by atoms with Crippen molar-refractivity contribution in [2.24, 2.45) is 0 Å². The second-order valence-corrected chi connectivity index (χ2v) is 14.8. The number of hydrogen-bond donors (Lipinski definition) is 2. The minimum absolute atomic E-state index is 0.0824. The summed E-state index contributed by atoms with van der Waals surface area (Å²) in [6, 6.07) is 0. The van der Waals surface area contributed by atoms with E-state index in [4.69, 9.17) is 19.3 Å². The van der Waals surface area contributed by atoms with E-state index < -0.39 is 32.5 Å². The summed E-state index contributed by atoms with van der Waals surface area (Å²) in [5.41, 5.74) is 0. The Bertz CT molecular complexity index is 1140. The van der Waals surface area contributed by atoms with Crippen LogP contribution in [0.2, 0.25) is 0 Å². The Labute approximate surface area is 329 Å². The van der Waals surface area contributed by atoms with Crippen LogP contribution in [0.3, 0.4) is 0 Å². The van der Waals surface area contributed by atoms with Crippen LogP contribution in [0, 0.1) is 0 Å². The molecule has 0 aromatic rings. The van der Waals surface area contributed by atoms with Crippen LogP contribution in [0.1, 0.15) is 168 Å². The van der Waals surface area contributed by atoms with Crippen molar-refractivity contribution in [2.75, 3.05) is 13.2 Å². The number of phosphoric acid groups is 1. The number of phosphoric ester groups is 1. The highest BCUT2D eigenvalue weighted by atomic mass is 31.2. The summed E-state index contributed by atoms with van der Waals surface area (Å²) in [6.45, 7) is 3.55. The molecule has 0 aromatic heterocycles. The van der Waals surface area contributed by atoms with Gasteiger partial charge in [0.1, 0.15) is 6.61 Å². The van der Waals surface area contributed by atoms with E-state index in [1.54, 1.807) is 0 Å². The molecule has 0 spiro atoms. The Morgan fingerprint density at radius 3 is 1.31 bits per heavy atom. The molecule has 0 saturated carbocycles. The zero-order valence-corrected chi connectivity index (χ0v) is 34.7. The average Bonchev–Trinajstić information content (AvgIpc) is 3.14. The smallest absolute Gasteiger partial charge is 0.462 e. The zero-order valence-electron chi connectivity index (χ0n) is 33.8. The fourth-order valence-corrected chi connectivity index (χ4v) is 5.63. The number of rotatable bonds is 37. The zero-order chi connectivity index (χ0) is 39.6. The van der Waals surface area contributed by atoms with Crippen molar-refractivity contribution in [3.8, 4) is 0 Å². The van der Waals surface area contributed by atoms with Crippen molar-refractivity contribution in [1.29, 1.82) is 0 Å². The average molecular weight is 775 g/mol. The van der Waals surface area contributed by atoms with E-state index in [2.05, 4.69) is 91.3 Å². The summed E-state index contributed by atoms with van der Waals surface area (Å²) in [4.78, 5) is 42.8. The van der Waals surface area contributed by atoms with E-state index in [9.17, 15) is 14.2 Å². The molecule has 0 aromatic carbocycles. The quantitative estimate of drug-likeness (QED) is 0.0277. The van der Waals surface area contributed by atoms with Gasteiger partial charge in [0.2, 0.25) is 0 Å². The Morgan fingerprint density at radius 2 is 0.870 bits per heavy atom. The highest BCUT2D eigenvalue weighted by Gasteiger charge is 2.22. The normalized spacial score (nSPS) is 13.3. The van der Waals surface area contributed by atoms with Crippen molar-refractivity contribution in [3.63, 3.8) is 0 Å². The van der Waals surface area contributed by atoms with E-state index in [1.165, 1.54) is 70.6 Å². The minimum atomic E-state index is -4.78. The number of esters is 2. The van der Waals surface area contributed by atoms with Gasteiger partial charge in [-0.05, 0) is 83.5 Å². The van der Waals surface area contributed by atoms with E-state index in [-0.39, 0.29) is 19.4 Å². The first-order valence-corrected chi connectivity index (χ1v) is 22.4.